The summed E-state index contributed by atoms with van der Waals surface area (Å²) in [5.74, 6) is 0.0216. The number of fused-ring (bicyclic) bond motifs is 1. The Morgan fingerprint density at radius 1 is 1.00 bits per heavy atom. The molecular formula is C23H21ClN2O. The first kappa shape index (κ1) is 17.6. The number of aryl methyl sites for hydroxylation is 2. The van der Waals surface area contributed by atoms with Crippen LogP contribution in [0.15, 0.2) is 66.7 Å². The Kier molecular flexibility index (Phi) is 4.63. The molecule has 27 heavy (non-hydrogen) atoms. The number of anilines is 1. The van der Waals surface area contributed by atoms with Crippen molar-refractivity contribution in [3.63, 3.8) is 0 Å². The van der Waals surface area contributed by atoms with Crippen molar-refractivity contribution in [2.75, 3.05) is 5.32 Å². The summed E-state index contributed by atoms with van der Waals surface area (Å²) in [4.78, 5) is 15.0. The number of carbonyl (C=O) groups is 1. The van der Waals surface area contributed by atoms with Gasteiger partial charge in [0.15, 0.2) is 0 Å². The number of benzene rings is 3. The highest BCUT2D eigenvalue weighted by Gasteiger charge is 2.36. The zero-order chi connectivity index (χ0) is 19.0. The molecule has 0 saturated heterocycles. The van der Waals surface area contributed by atoms with Crippen LogP contribution in [-0.4, -0.2) is 10.8 Å². The van der Waals surface area contributed by atoms with Crippen LogP contribution in [0.25, 0.3) is 0 Å². The second kappa shape index (κ2) is 7.09. The molecule has 1 unspecified atom stereocenters. The van der Waals surface area contributed by atoms with Crippen molar-refractivity contribution in [3.05, 3.63) is 99.6 Å². The van der Waals surface area contributed by atoms with Gasteiger partial charge < -0.3 is 10.2 Å². The number of nitrogens with one attached hydrogen (secondary N) is 1. The van der Waals surface area contributed by atoms with Gasteiger partial charge in [-0.05, 0) is 48.7 Å². The molecule has 3 nitrogen and oxygen atoms in total. The van der Waals surface area contributed by atoms with E-state index in [1.165, 1.54) is 5.56 Å². The average Bonchev–Trinajstić information content (AvgIpc) is 2.92. The van der Waals surface area contributed by atoms with Crippen LogP contribution in [0.3, 0.4) is 0 Å². The predicted molar refractivity (Wildman–Crippen MR) is 110 cm³/mol. The standard InChI is InChI=1S/C23H21ClN2O/c1-15-11-12-16(2)21(13-15)25-22-18-8-4-5-9-19(18)23(27)26(22)14-17-7-3-6-10-20(17)24/h3-13,22,25H,14H2,1-2H3. The molecule has 136 valence electrons. The Bertz CT molecular complexity index is 1010. The van der Waals surface area contributed by atoms with Gasteiger partial charge in [-0.3, -0.25) is 4.79 Å². The Labute approximate surface area is 164 Å². The number of hydrogen-bond acceptors (Lipinski definition) is 2. The first-order valence-electron chi connectivity index (χ1n) is 9.01. The largest absolute Gasteiger partial charge is 0.361 e. The van der Waals surface area contributed by atoms with Gasteiger partial charge in [0.25, 0.3) is 5.91 Å². The van der Waals surface area contributed by atoms with Crippen LogP contribution < -0.4 is 5.32 Å². The van der Waals surface area contributed by atoms with Crippen LogP contribution >= 0.6 is 11.6 Å². The van der Waals surface area contributed by atoms with Crippen molar-refractivity contribution in [1.29, 1.82) is 0 Å². The van der Waals surface area contributed by atoms with Crippen LogP contribution in [0.1, 0.15) is 38.8 Å². The molecule has 4 heteroatoms. The van der Waals surface area contributed by atoms with Gasteiger partial charge in [0, 0.05) is 28.4 Å². The molecule has 3 aromatic carbocycles. The Hall–Kier alpha value is -2.78. The van der Waals surface area contributed by atoms with Gasteiger partial charge in [-0.15, -0.1) is 0 Å². The van der Waals surface area contributed by atoms with Gasteiger partial charge in [0.1, 0.15) is 6.17 Å². The van der Waals surface area contributed by atoms with Crippen molar-refractivity contribution in [2.24, 2.45) is 0 Å². The van der Waals surface area contributed by atoms with Gasteiger partial charge in [0.2, 0.25) is 0 Å². The quantitative estimate of drug-likeness (QED) is 0.631. The minimum absolute atomic E-state index is 0.0216. The zero-order valence-electron chi connectivity index (χ0n) is 15.4. The molecule has 0 aliphatic carbocycles. The fourth-order valence-corrected chi connectivity index (χ4v) is 3.73. The molecule has 1 heterocycles. The van der Waals surface area contributed by atoms with Crippen molar-refractivity contribution in [1.82, 2.24) is 4.90 Å². The van der Waals surface area contributed by atoms with Crippen molar-refractivity contribution >= 4 is 23.2 Å². The first-order chi connectivity index (χ1) is 13.0. The normalized spacial score (nSPS) is 15.7. The van der Waals surface area contributed by atoms with E-state index >= 15 is 0 Å². The highest BCUT2D eigenvalue weighted by Crippen LogP contribution is 2.37. The van der Waals surface area contributed by atoms with Gasteiger partial charge in [-0.25, -0.2) is 0 Å². The van der Waals surface area contributed by atoms with Crippen LogP contribution in [0.4, 0.5) is 5.69 Å². The van der Waals surface area contributed by atoms with Crippen LogP contribution in [-0.2, 0) is 6.54 Å². The van der Waals surface area contributed by atoms with E-state index in [0.717, 1.165) is 27.9 Å². The summed E-state index contributed by atoms with van der Waals surface area (Å²) < 4.78 is 0. The van der Waals surface area contributed by atoms with E-state index in [2.05, 4.69) is 37.4 Å². The third kappa shape index (κ3) is 3.31. The highest BCUT2D eigenvalue weighted by molar-refractivity contribution is 6.31. The Balaban J connectivity index is 1.74. The summed E-state index contributed by atoms with van der Waals surface area (Å²) in [6, 6.07) is 21.8. The zero-order valence-corrected chi connectivity index (χ0v) is 16.1. The lowest BCUT2D eigenvalue weighted by molar-refractivity contribution is 0.0729. The summed E-state index contributed by atoms with van der Waals surface area (Å²) in [6.45, 7) is 4.60. The first-order valence-corrected chi connectivity index (χ1v) is 9.39. The Morgan fingerprint density at radius 2 is 1.74 bits per heavy atom. The lowest BCUT2D eigenvalue weighted by Gasteiger charge is -2.28. The monoisotopic (exact) mass is 376 g/mol. The number of halogens is 1. The lowest BCUT2D eigenvalue weighted by Crippen LogP contribution is -2.32. The van der Waals surface area contributed by atoms with E-state index < -0.39 is 0 Å². The second-order valence-corrected chi connectivity index (χ2v) is 7.38. The van der Waals surface area contributed by atoms with Gasteiger partial charge >= 0.3 is 0 Å². The smallest absolute Gasteiger partial charge is 0.256 e. The van der Waals surface area contributed by atoms with Crippen LogP contribution in [0.5, 0.6) is 0 Å². The number of rotatable bonds is 4. The molecule has 1 aliphatic heterocycles. The topological polar surface area (TPSA) is 32.3 Å². The average molecular weight is 377 g/mol. The molecule has 3 aromatic rings. The molecule has 0 spiro atoms. The van der Waals surface area contributed by atoms with Crippen molar-refractivity contribution in [3.8, 4) is 0 Å². The Morgan fingerprint density at radius 3 is 2.56 bits per heavy atom. The molecule has 0 saturated carbocycles. The maximum atomic E-state index is 13.1. The molecule has 0 bridgehead atoms. The number of amides is 1. The van der Waals surface area contributed by atoms with E-state index in [1.54, 1.807) is 0 Å². The third-order valence-electron chi connectivity index (χ3n) is 5.04. The summed E-state index contributed by atoms with van der Waals surface area (Å²) in [5.41, 5.74) is 6.04. The summed E-state index contributed by atoms with van der Waals surface area (Å²) in [6.07, 6.45) is -0.231. The SMILES string of the molecule is Cc1ccc(C)c(NC2c3ccccc3C(=O)N2Cc2ccccc2Cl)c1. The fourth-order valence-electron chi connectivity index (χ4n) is 3.54. The summed E-state index contributed by atoms with van der Waals surface area (Å²) in [5, 5.41) is 4.26. The molecule has 0 aromatic heterocycles. The molecule has 4 rings (SSSR count). The van der Waals surface area contributed by atoms with Gasteiger partial charge in [-0.1, -0.05) is 60.1 Å². The molecule has 1 N–H and O–H groups in total. The molecule has 1 aliphatic rings. The van der Waals surface area contributed by atoms with E-state index in [4.69, 9.17) is 11.6 Å². The van der Waals surface area contributed by atoms with Gasteiger partial charge in [0.05, 0.1) is 0 Å². The minimum atomic E-state index is -0.231. The lowest BCUT2D eigenvalue weighted by atomic mass is 10.1. The van der Waals surface area contributed by atoms with E-state index in [-0.39, 0.29) is 12.1 Å². The molecule has 1 amide bonds. The number of carbonyl (C=O) groups excluding carboxylic acids is 1. The maximum absolute atomic E-state index is 13.1. The van der Waals surface area contributed by atoms with E-state index in [0.29, 0.717) is 11.6 Å². The van der Waals surface area contributed by atoms with Crippen LogP contribution in [0, 0.1) is 13.8 Å². The molecule has 1 atom stereocenters. The molecular weight excluding hydrogens is 356 g/mol. The van der Waals surface area contributed by atoms with Gasteiger partial charge in [-0.2, -0.15) is 0 Å². The second-order valence-electron chi connectivity index (χ2n) is 6.98. The molecule has 0 radical (unpaired) electrons. The summed E-state index contributed by atoms with van der Waals surface area (Å²) in [7, 11) is 0. The van der Waals surface area contributed by atoms with Crippen LogP contribution in [0.2, 0.25) is 5.02 Å². The van der Waals surface area contributed by atoms with E-state index in [9.17, 15) is 4.79 Å². The van der Waals surface area contributed by atoms with Crippen molar-refractivity contribution < 1.29 is 4.79 Å². The predicted octanol–water partition coefficient (Wildman–Crippen LogP) is 5.72. The fraction of sp³-hybridized carbons (Fsp3) is 0.174. The van der Waals surface area contributed by atoms with Crippen molar-refractivity contribution in [2.45, 2.75) is 26.6 Å². The third-order valence-corrected chi connectivity index (χ3v) is 5.41. The highest BCUT2D eigenvalue weighted by atomic mass is 35.5. The number of hydrogen-bond donors (Lipinski definition) is 1. The summed E-state index contributed by atoms with van der Waals surface area (Å²) >= 11 is 6.36. The molecule has 0 fully saturated rings. The minimum Gasteiger partial charge on any atom is -0.361 e. The maximum Gasteiger partial charge on any atom is 0.256 e. The number of nitrogens with zero attached hydrogens (tertiary/aromatic N) is 1. The van der Waals surface area contributed by atoms with E-state index in [1.807, 2.05) is 53.4 Å².